The molecule has 1 aliphatic carbocycles. The van der Waals surface area contributed by atoms with Crippen molar-refractivity contribution in [1.29, 1.82) is 0 Å². The van der Waals surface area contributed by atoms with Gasteiger partial charge in [0.25, 0.3) is 11.6 Å². The second-order valence-corrected chi connectivity index (χ2v) is 7.02. The summed E-state index contributed by atoms with van der Waals surface area (Å²) in [4.78, 5) is 31.0. The van der Waals surface area contributed by atoms with Gasteiger partial charge < -0.3 is 14.5 Å². The number of nitrogens with one attached hydrogen (secondary N) is 1. The Morgan fingerprint density at radius 2 is 2.07 bits per heavy atom. The third kappa shape index (κ3) is 2.27. The van der Waals surface area contributed by atoms with Crippen molar-refractivity contribution in [2.45, 2.75) is 39.2 Å². The van der Waals surface area contributed by atoms with Gasteiger partial charge in [0.1, 0.15) is 0 Å². The minimum atomic E-state index is -1.05. The fourth-order valence-corrected chi connectivity index (χ4v) is 4.18. The van der Waals surface area contributed by atoms with E-state index < -0.39 is 5.97 Å². The molecule has 0 saturated heterocycles. The first kappa shape index (κ1) is 16.0. The van der Waals surface area contributed by atoms with Gasteiger partial charge in [-0.25, -0.2) is 9.78 Å². The number of aryl methyl sites for hydroxylation is 2. The average molecular weight is 367 g/mol. The smallest absolute Gasteiger partial charge is 0.356 e. The summed E-state index contributed by atoms with van der Waals surface area (Å²) in [5, 5.41) is 20.6. The highest BCUT2D eigenvalue weighted by atomic mass is 16.5. The van der Waals surface area contributed by atoms with Gasteiger partial charge >= 0.3 is 5.97 Å². The van der Waals surface area contributed by atoms with E-state index in [2.05, 4.69) is 20.3 Å². The fourth-order valence-electron chi connectivity index (χ4n) is 4.18. The predicted octanol–water partition coefficient (Wildman–Crippen LogP) is 1.64. The molecule has 3 aromatic heterocycles. The van der Waals surface area contributed by atoms with Crippen molar-refractivity contribution in [3.8, 4) is 0 Å². The van der Waals surface area contributed by atoms with Crippen molar-refractivity contribution in [1.82, 2.24) is 25.2 Å². The molecular formula is C18H17N5O4. The zero-order valence-electron chi connectivity index (χ0n) is 14.7. The van der Waals surface area contributed by atoms with E-state index in [1.54, 1.807) is 4.90 Å². The number of aromatic carboxylic acids is 1. The maximum absolute atomic E-state index is 13.5. The predicted molar refractivity (Wildman–Crippen MR) is 92.6 cm³/mol. The molecule has 5 rings (SSSR count). The second-order valence-electron chi connectivity index (χ2n) is 7.02. The van der Waals surface area contributed by atoms with E-state index in [4.69, 9.17) is 4.52 Å². The lowest BCUT2D eigenvalue weighted by Gasteiger charge is -2.27. The first-order valence-corrected chi connectivity index (χ1v) is 8.91. The number of pyridine rings is 1. The maximum Gasteiger partial charge on any atom is 0.356 e. The van der Waals surface area contributed by atoms with Crippen LogP contribution in [-0.4, -0.2) is 48.8 Å². The molecule has 0 bridgehead atoms. The van der Waals surface area contributed by atoms with Crippen LogP contribution in [0.5, 0.6) is 0 Å². The Hall–Kier alpha value is -3.23. The van der Waals surface area contributed by atoms with Gasteiger partial charge in [0.05, 0.1) is 28.9 Å². The van der Waals surface area contributed by atoms with Crippen molar-refractivity contribution in [2.24, 2.45) is 0 Å². The highest BCUT2D eigenvalue weighted by molar-refractivity contribution is 6.07. The van der Waals surface area contributed by atoms with Gasteiger partial charge in [-0.05, 0) is 38.2 Å². The van der Waals surface area contributed by atoms with Gasteiger partial charge in [-0.2, -0.15) is 5.10 Å². The Bertz CT molecular complexity index is 1110. The van der Waals surface area contributed by atoms with E-state index in [9.17, 15) is 14.7 Å². The van der Waals surface area contributed by atoms with Gasteiger partial charge in [0.15, 0.2) is 5.69 Å². The molecule has 2 aliphatic rings. The molecular weight excluding hydrogens is 350 g/mol. The molecule has 0 aromatic carbocycles. The Morgan fingerprint density at radius 1 is 1.22 bits per heavy atom. The first-order chi connectivity index (χ1) is 13.0. The van der Waals surface area contributed by atoms with E-state index in [1.165, 1.54) is 0 Å². The topological polar surface area (TPSA) is 125 Å². The van der Waals surface area contributed by atoms with E-state index in [1.807, 2.05) is 6.92 Å². The van der Waals surface area contributed by atoms with Crippen LogP contribution in [0.15, 0.2) is 4.52 Å². The minimum Gasteiger partial charge on any atom is -0.476 e. The van der Waals surface area contributed by atoms with Crippen molar-refractivity contribution < 1.29 is 19.2 Å². The number of hydrogen-bond donors (Lipinski definition) is 2. The Balaban J connectivity index is 1.57. The molecule has 9 heteroatoms. The van der Waals surface area contributed by atoms with Crippen LogP contribution >= 0.6 is 0 Å². The first-order valence-electron chi connectivity index (χ1n) is 8.91. The third-order valence-electron chi connectivity index (χ3n) is 5.46. The second kappa shape index (κ2) is 5.63. The summed E-state index contributed by atoms with van der Waals surface area (Å²) in [6.07, 6.45) is 3.07. The van der Waals surface area contributed by atoms with Gasteiger partial charge in [-0.1, -0.05) is 5.16 Å². The largest absolute Gasteiger partial charge is 0.476 e. The van der Waals surface area contributed by atoms with Gasteiger partial charge in [0, 0.05) is 17.8 Å². The highest BCUT2D eigenvalue weighted by Crippen LogP contribution is 2.33. The number of carboxylic acids is 1. The number of amides is 1. The Morgan fingerprint density at radius 3 is 2.89 bits per heavy atom. The van der Waals surface area contributed by atoms with Crippen LogP contribution in [0.25, 0.3) is 11.1 Å². The van der Waals surface area contributed by atoms with Crippen LogP contribution in [0.3, 0.4) is 0 Å². The summed E-state index contributed by atoms with van der Waals surface area (Å²) in [5.41, 5.74) is 4.99. The quantitative estimate of drug-likeness (QED) is 0.705. The SMILES string of the molecule is Cc1noc2nc3c(c(C(=O)N4CCc5c(C(=O)O)n[nH]c5C4)c12)CCC3. The van der Waals surface area contributed by atoms with Gasteiger partial charge in [-0.3, -0.25) is 9.89 Å². The molecule has 0 atom stereocenters. The zero-order chi connectivity index (χ0) is 18.7. The molecule has 0 saturated carbocycles. The van der Waals surface area contributed by atoms with E-state index in [0.717, 1.165) is 30.5 Å². The molecule has 3 aromatic rings. The number of aromatic amines is 1. The molecule has 1 amide bonds. The average Bonchev–Trinajstić information content (AvgIpc) is 3.37. The summed E-state index contributed by atoms with van der Waals surface area (Å²) < 4.78 is 5.32. The van der Waals surface area contributed by atoms with Gasteiger partial charge in [-0.15, -0.1) is 0 Å². The number of H-pyrrole nitrogens is 1. The Labute approximate surface area is 153 Å². The lowest BCUT2D eigenvalue weighted by molar-refractivity contribution is 0.0689. The third-order valence-corrected chi connectivity index (χ3v) is 5.46. The number of rotatable bonds is 2. The molecule has 0 fully saturated rings. The van der Waals surface area contributed by atoms with Crippen LogP contribution in [-0.2, 0) is 25.8 Å². The van der Waals surface area contributed by atoms with Crippen LogP contribution in [0.1, 0.15) is 55.5 Å². The lowest BCUT2D eigenvalue weighted by Crippen LogP contribution is -2.37. The number of carboxylic acid groups (broad SMARTS) is 1. The molecule has 9 nitrogen and oxygen atoms in total. The molecule has 0 spiro atoms. The van der Waals surface area contributed by atoms with E-state index in [-0.39, 0.29) is 11.6 Å². The molecule has 1 aliphatic heterocycles. The maximum atomic E-state index is 13.5. The lowest BCUT2D eigenvalue weighted by atomic mass is 9.99. The molecule has 4 heterocycles. The number of hydrogen-bond acceptors (Lipinski definition) is 6. The molecule has 0 unspecified atom stereocenters. The Kier molecular flexibility index (Phi) is 3.33. The minimum absolute atomic E-state index is 0.0409. The van der Waals surface area contributed by atoms with Crippen LogP contribution < -0.4 is 0 Å². The number of aromatic nitrogens is 4. The summed E-state index contributed by atoms with van der Waals surface area (Å²) in [6, 6.07) is 0. The van der Waals surface area contributed by atoms with Crippen molar-refractivity contribution in [2.75, 3.05) is 6.54 Å². The van der Waals surface area contributed by atoms with Crippen molar-refractivity contribution in [3.05, 3.63) is 39.5 Å². The monoisotopic (exact) mass is 367 g/mol. The number of nitrogens with zero attached hydrogens (tertiary/aromatic N) is 4. The molecule has 2 N–H and O–H groups in total. The van der Waals surface area contributed by atoms with Gasteiger partial charge in [0.2, 0.25) is 0 Å². The fraction of sp³-hybridized carbons (Fsp3) is 0.389. The van der Waals surface area contributed by atoms with Crippen molar-refractivity contribution in [3.63, 3.8) is 0 Å². The molecule has 138 valence electrons. The summed E-state index contributed by atoms with van der Waals surface area (Å²) in [6.45, 7) is 2.56. The summed E-state index contributed by atoms with van der Waals surface area (Å²) in [7, 11) is 0. The number of carbonyl (C=O) groups excluding carboxylic acids is 1. The number of fused-ring (bicyclic) bond motifs is 3. The van der Waals surface area contributed by atoms with E-state index >= 15 is 0 Å². The summed E-state index contributed by atoms with van der Waals surface area (Å²) >= 11 is 0. The molecule has 0 radical (unpaired) electrons. The number of carbonyl (C=O) groups is 2. The van der Waals surface area contributed by atoms with Crippen molar-refractivity contribution >= 4 is 23.0 Å². The van der Waals surface area contributed by atoms with Crippen LogP contribution in [0.2, 0.25) is 0 Å². The van der Waals surface area contributed by atoms with Crippen LogP contribution in [0.4, 0.5) is 0 Å². The normalized spacial score (nSPS) is 15.8. The summed E-state index contributed by atoms with van der Waals surface area (Å²) in [5.74, 6) is -1.15. The van der Waals surface area contributed by atoms with Crippen LogP contribution in [0, 0.1) is 6.92 Å². The standard InChI is InChI=1S/C18H17N5O4/c1-8-13-14(9-3-2-4-11(9)19-16(13)27-22-8)17(24)23-6-5-10-12(7-23)20-21-15(10)18(25)26/h2-7H2,1H3,(H,20,21)(H,25,26). The molecule has 27 heavy (non-hydrogen) atoms. The highest BCUT2D eigenvalue weighted by Gasteiger charge is 2.33. The zero-order valence-corrected chi connectivity index (χ0v) is 14.7. The van der Waals surface area contributed by atoms with E-state index in [0.29, 0.717) is 53.1 Å².